The van der Waals surface area contributed by atoms with E-state index in [1.54, 1.807) is 7.11 Å². The summed E-state index contributed by atoms with van der Waals surface area (Å²) in [4.78, 5) is 9.56. The summed E-state index contributed by atoms with van der Waals surface area (Å²) < 4.78 is 11.1. The Hall–Kier alpha value is -0.850. The van der Waals surface area contributed by atoms with Gasteiger partial charge in [-0.25, -0.2) is 0 Å². The van der Waals surface area contributed by atoms with Crippen LogP contribution in [0.15, 0.2) is 4.99 Å². The smallest absolute Gasteiger partial charge is 0.193 e. The monoisotopic (exact) mass is 382 g/mol. The molecule has 0 radical (unpaired) electrons. The van der Waals surface area contributed by atoms with Gasteiger partial charge in [0, 0.05) is 59.1 Å². The van der Waals surface area contributed by atoms with Crippen molar-refractivity contribution < 1.29 is 9.47 Å². The van der Waals surface area contributed by atoms with Crippen LogP contribution in [0.2, 0.25) is 0 Å². The number of piperidine rings is 2. The van der Waals surface area contributed by atoms with Crippen LogP contribution in [0.1, 0.15) is 52.9 Å². The van der Waals surface area contributed by atoms with Crippen LogP contribution in [0, 0.1) is 5.92 Å². The third-order valence-corrected chi connectivity index (χ3v) is 5.99. The molecule has 6 nitrogen and oxygen atoms in total. The Balaban J connectivity index is 1.74. The molecule has 2 fully saturated rings. The number of nitrogens with one attached hydrogen (secondary N) is 1. The van der Waals surface area contributed by atoms with Gasteiger partial charge in [0.05, 0.1) is 6.10 Å². The standard InChI is InChI=1S/C21H42N4O2/c1-18-8-6-11-25(16-18)21(2,3)17-23-20(22-4)24-12-9-19(10-13-24)27-15-7-14-26-5/h18-19H,6-17H2,1-5H3,(H,22,23). The molecular weight excluding hydrogens is 340 g/mol. The molecule has 0 aromatic carbocycles. The average Bonchev–Trinajstić information content (AvgIpc) is 2.67. The first-order valence-corrected chi connectivity index (χ1v) is 10.8. The number of methoxy groups -OCH3 is 1. The maximum atomic E-state index is 5.98. The summed E-state index contributed by atoms with van der Waals surface area (Å²) in [5.74, 6) is 1.84. The van der Waals surface area contributed by atoms with Gasteiger partial charge in [-0.2, -0.15) is 0 Å². The van der Waals surface area contributed by atoms with Crippen molar-refractivity contribution in [3.63, 3.8) is 0 Å². The predicted octanol–water partition coefficient (Wildman–Crippen LogP) is 2.59. The van der Waals surface area contributed by atoms with E-state index in [9.17, 15) is 0 Å². The fraction of sp³-hybridized carbons (Fsp3) is 0.952. The van der Waals surface area contributed by atoms with Crippen LogP contribution in [-0.4, -0.2) is 87.5 Å². The van der Waals surface area contributed by atoms with Gasteiger partial charge < -0.3 is 19.7 Å². The SMILES string of the molecule is CN=C(NCC(C)(C)N1CCCC(C)C1)N1CCC(OCCCOC)CC1. The molecule has 2 saturated heterocycles. The fourth-order valence-corrected chi connectivity index (χ4v) is 4.17. The lowest BCUT2D eigenvalue weighted by Gasteiger charge is -2.44. The molecule has 0 amide bonds. The Morgan fingerprint density at radius 2 is 1.89 bits per heavy atom. The molecule has 1 atom stereocenters. The quantitative estimate of drug-likeness (QED) is 0.397. The third kappa shape index (κ3) is 7.24. The van der Waals surface area contributed by atoms with Crippen LogP contribution in [0.5, 0.6) is 0 Å². The molecule has 2 aliphatic rings. The molecule has 6 heteroatoms. The Morgan fingerprint density at radius 1 is 1.15 bits per heavy atom. The molecule has 1 unspecified atom stereocenters. The second-order valence-corrected chi connectivity index (χ2v) is 8.81. The summed E-state index contributed by atoms with van der Waals surface area (Å²) in [6.07, 6.45) is 6.18. The van der Waals surface area contributed by atoms with E-state index in [0.29, 0.717) is 6.10 Å². The van der Waals surface area contributed by atoms with Gasteiger partial charge in [-0.15, -0.1) is 0 Å². The van der Waals surface area contributed by atoms with Crippen molar-refractivity contribution in [2.24, 2.45) is 10.9 Å². The number of likely N-dealkylation sites (tertiary alicyclic amines) is 2. The van der Waals surface area contributed by atoms with E-state index < -0.39 is 0 Å². The van der Waals surface area contributed by atoms with Crippen LogP contribution in [0.25, 0.3) is 0 Å². The number of ether oxygens (including phenoxy) is 2. The second kappa shape index (κ2) is 11.2. The number of rotatable bonds is 8. The highest BCUT2D eigenvalue weighted by Gasteiger charge is 2.31. The summed E-state index contributed by atoms with van der Waals surface area (Å²) in [6, 6.07) is 0. The molecule has 27 heavy (non-hydrogen) atoms. The van der Waals surface area contributed by atoms with Crippen molar-refractivity contribution in [3.8, 4) is 0 Å². The molecule has 158 valence electrons. The van der Waals surface area contributed by atoms with Crippen molar-refractivity contribution in [2.75, 3.05) is 60.1 Å². The minimum atomic E-state index is 0.146. The summed E-state index contributed by atoms with van der Waals surface area (Å²) in [5, 5.41) is 3.64. The zero-order valence-corrected chi connectivity index (χ0v) is 18.3. The van der Waals surface area contributed by atoms with Gasteiger partial charge in [-0.3, -0.25) is 9.89 Å². The van der Waals surface area contributed by atoms with Crippen molar-refractivity contribution in [3.05, 3.63) is 0 Å². The summed E-state index contributed by atoms with van der Waals surface area (Å²) in [5.41, 5.74) is 0.146. The second-order valence-electron chi connectivity index (χ2n) is 8.81. The molecule has 0 saturated carbocycles. The largest absolute Gasteiger partial charge is 0.385 e. The summed E-state index contributed by atoms with van der Waals surface area (Å²) in [7, 11) is 3.63. The van der Waals surface area contributed by atoms with Crippen molar-refractivity contribution in [1.29, 1.82) is 0 Å². The summed E-state index contributed by atoms with van der Waals surface area (Å²) in [6.45, 7) is 14.0. The third-order valence-electron chi connectivity index (χ3n) is 5.99. The molecule has 0 aromatic rings. The number of aliphatic imine (C=N–C) groups is 1. The van der Waals surface area contributed by atoms with Crippen LogP contribution >= 0.6 is 0 Å². The van der Waals surface area contributed by atoms with Crippen molar-refractivity contribution in [2.45, 2.75) is 64.5 Å². The first-order chi connectivity index (χ1) is 13.0. The predicted molar refractivity (Wildman–Crippen MR) is 112 cm³/mol. The van der Waals surface area contributed by atoms with E-state index >= 15 is 0 Å². The Morgan fingerprint density at radius 3 is 2.52 bits per heavy atom. The zero-order valence-electron chi connectivity index (χ0n) is 18.3. The lowest BCUT2D eigenvalue weighted by atomic mass is 9.93. The average molecular weight is 383 g/mol. The fourth-order valence-electron chi connectivity index (χ4n) is 4.17. The van der Waals surface area contributed by atoms with E-state index in [1.807, 2.05) is 7.05 Å². The van der Waals surface area contributed by atoms with Gasteiger partial charge in [0.15, 0.2) is 5.96 Å². The van der Waals surface area contributed by atoms with Gasteiger partial charge in [0.2, 0.25) is 0 Å². The van der Waals surface area contributed by atoms with Gasteiger partial charge in [0.1, 0.15) is 0 Å². The minimum Gasteiger partial charge on any atom is -0.385 e. The van der Waals surface area contributed by atoms with Gasteiger partial charge >= 0.3 is 0 Å². The van der Waals surface area contributed by atoms with Gasteiger partial charge in [0.25, 0.3) is 0 Å². The molecule has 0 aromatic heterocycles. The van der Waals surface area contributed by atoms with Gasteiger partial charge in [-0.05, 0) is 58.4 Å². The first-order valence-electron chi connectivity index (χ1n) is 10.8. The number of nitrogens with zero attached hydrogens (tertiary/aromatic N) is 3. The Kier molecular flexibility index (Phi) is 9.33. The van der Waals surface area contributed by atoms with Crippen LogP contribution in [0.4, 0.5) is 0 Å². The lowest BCUT2D eigenvalue weighted by molar-refractivity contribution is 0.00967. The molecule has 0 spiro atoms. The molecule has 0 aliphatic carbocycles. The van der Waals surface area contributed by atoms with Crippen LogP contribution in [0.3, 0.4) is 0 Å². The Bertz CT molecular complexity index is 447. The highest BCUT2D eigenvalue weighted by Crippen LogP contribution is 2.23. The van der Waals surface area contributed by atoms with Crippen molar-refractivity contribution in [1.82, 2.24) is 15.1 Å². The van der Waals surface area contributed by atoms with E-state index in [0.717, 1.165) is 64.0 Å². The van der Waals surface area contributed by atoms with Gasteiger partial charge in [-0.1, -0.05) is 6.92 Å². The molecule has 0 bridgehead atoms. The lowest BCUT2D eigenvalue weighted by Crippen LogP contribution is -2.57. The normalized spacial score (nSPS) is 23.7. The highest BCUT2D eigenvalue weighted by molar-refractivity contribution is 5.80. The molecule has 1 N–H and O–H groups in total. The molecule has 2 aliphatic heterocycles. The maximum absolute atomic E-state index is 5.98. The first kappa shape index (κ1) is 22.4. The topological polar surface area (TPSA) is 49.3 Å². The maximum Gasteiger partial charge on any atom is 0.193 e. The zero-order chi connectivity index (χ0) is 19.7. The number of hydrogen-bond acceptors (Lipinski definition) is 4. The van der Waals surface area contributed by atoms with E-state index in [4.69, 9.17) is 9.47 Å². The molecule has 2 rings (SSSR count). The number of guanidine groups is 1. The Labute approximate surface area is 166 Å². The van der Waals surface area contributed by atoms with E-state index in [2.05, 4.69) is 40.9 Å². The highest BCUT2D eigenvalue weighted by atomic mass is 16.5. The minimum absolute atomic E-state index is 0.146. The van der Waals surface area contributed by atoms with Crippen LogP contribution in [-0.2, 0) is 9.47 Å². The number of hydrogen-bond donors (Lipinski definition) is 1. The molecular formula is C21H42N4O2. The van der Waals surface area contributed by atoms with E-state index in [1.165, 1.54) is 25.9 Å². The van der Waals surface area contributed by atoms with E-state index in [-0.39, 0.29) is 5.54 Å². The summed E-state index contributed by atoms with van der Waals surface area (Å²) >= 11 is 0. The molecule has 2 heterocycles. The van der Waals surface area contributed by atoms with Crippen LogP contribution < -0.4 is 5.32 Å². The van der Waals surface area contributed by atoms with Crippen molar-refractivity contribution >= 4 is 5.96 Å².